The van der Waals surface area contributed by atoms with Crippen LogP contribution in [0.1, 0.15) is 30.4 Å². The summed E-state index contributed by atoms with van der Waals surface area (Å²) in [6.45, 7) is 4.28. The van der Waals surface area contributed by atoms with Gasteiger partial charge in [0.2, 0.25) is 0 Å². The van der Waals surface area contributed by atoms with Crippen molar-refractivity contribution in [3.63, 3.8) is 0 Å². The molecule has 0 bridgehead atoms. The Kier molecular flexibility index (Phi) is 4.17. The second-order valence-corrected chi connectivity index (χ2v) is 4.93. The summed E-state index contributed by atoms with van der Waals surface area (Å²) in [6.07, 6.45) is 4.66. The number of nitriles is 1. The molecule has 1 saturated heterocycles. The molecule has 0 saturated carbocycles. The lowest BCUT2D eigenvalue weighted by molar-refractivity contribution is 0.194. The predicted molar refractivity (Wildman–Crippen MR) is 69.7 cm³/mol. The molecule has 17 heavy (non-hydrogen) atoms. The first-order valence-electron chi connectivity index (χ1n) is 6.49. The van der Waals surface area contributed by atoms with E-state index in [-0.39, 0.29) is 6.04 Å². The van der Waals surface area contributed by atoms with Crippen molar-refractivity contribution in [3.8, 4) is 6.07 Å². The number of benzene rings is 1. The molecule has 2 nitrogen and oxygen atoms in total. The molecule has 1 heterocycles. The first-order chi connectivity index (χ1) is 8.29. The van der Waals surface area contributed by atoms with Crippen LogP contribution in [0, 0.1) is 18.3 Å². The summed E-state index contributed by atoms with van der Waals surface area (Å²) in [6, 6.07) is 11.0. The van der Waals surface area contributed by atoms with Crippen LogP contribution in [0.4, 0.5) is 0 Å². The van der Waals surface area contributed by atoms with Gasteiger partial charge in [0.05, 0.1) is 6.07 Å². The molecule has 1 fully saturated rings. The molecule has 2 heteroatoms. The predicted octanol–water partition coefficient (Wildman–Crippen LogP) is 2.92. The number of hydrogen-bond acceptors (Lipinski definition) is 2. The number of aryl methyl sites for hydroxylation is 1. The summed E-state index contributed by atoms with van der Waals surface area (Å²) in [5.41, 5.74) is 2.56. The van der Waals surface area contributed by atoms with Gasteiger partial charge in [0.1, 0.15) is 6.04 Å². The van der Waals surface area contributed by atoms with E-state index < -0.39 is 0 Å². The lowest BCUT2D eigenvalue weighted by Crippen LogP contribution is -2.39. The molecule has 1 atom stereocenters. The fourth-order valence-corrected chi connectivity index (χ4v) is 2.55. The van der Waals surface area contributed by atoms with E-state index in [0.717, 1.165) is 19.5 Å². The van der Waals surface area contributed by atoms with Crippen LogP contribution in [0.2, 0.25) is 0 Å². The molecule has 0 spiro atoms. The third-order valence-electron chi connectivity index (χ3n) is 3.49. The molecule has 1 aliphatic heterocycles. The van der Waals surface area contributed by atoms with E-state index in [4.69, 9.17) is 0 Å². The van der Waals surface area contributed by atoms with Crippen molar-refractivity contribution in [1.82, 2.24) is 4.90 Å². The zero-order valence-electron chi connectivity index (χ0n) is 10.5. The van der Waals surface area contributed by atoms with Crippen molar-refractivity contribution in [1.29, 1.82) is 5.26 Å². The maximum absolute atomic E-state index is 9.32. The first-order valence-corrected chi connectivity index (χ1v) is 6.49. The van der Waals surface area contributed by atoms with E-state index >= 15 is 0 Å². The van der Waals surface area contributed by atoms with Crippen LogP contribution in [0.3, 0.4) is 0 Å². The Bertz CT molecular complexity index is 400. The standard InChI is InChI=1S/C15H20N2/c1-13-6-5-7-14(10-13)11-15(12-16)17-8-3-2-4-9-17/h5-7,10,15H,2-4,8-9,11H2,1H3. The van der Waals surface area contributed by atoms with Crippen molar-refractivity contribution < 1.29 is 0 Å². The molecule has 1 aliphatic rings. The molecular formula is C15H20N2. The van der Waals surface area contributed by atoms with Gasteiger partial charge < -0.3 is 0 Å². The molecule has 1 aromatic rings. The topological polar surface area (TPSA) is 27.0 Å². The summed E-state index contributed by atoms with van der Waals surface area (Å²) in [7, 11) is 0. The number of hydrogen-bond donors (Lipinski definition) is 0. The SMILES string of the molecule is Cc1cccc(CC(C#N)N2CCCCC2)c1. The smallest absolute Gasteiger partial charge is 0.102 e. The summed E-state index contributed by atoms with van der Waals surface area (Å²) in [5, 5.41) is 9.32. The highest BCUT2D eigenvalue weighted by Crippen LogP contribution is 2.16. The van der Waals surface area contributed by atoms with Gasteiger partial charge in [-0.2, -0.15) is 5.26 Å². The molecule has 90 valence electrons. The Morgan fingerprint density at radius 1 is 1.29 bits per heavy atom. The van der Waals surface area contributed by atoms with Gasteiger partial charge in [-0.05, 0) is 38.4 Å². The van der Waals surface area contributed by atoms with Crippen molar-refractivity contribution in [2.24, 2.45) is 0 Å². The largest absolute Gasteiger partial charge is 0.288 e. The minimum atomic E-state index is 0.0529. The second kappa shape index (κ2) is 5.84. The molecule has 0 aliphatic carbocycles. The van der Waals surface area contributed by atoms with Gasteiger partial charge in [-0.15, -0.1) is 0 Å². The van der Waals surface area contributed by atoms with Gasteiger partial charge in [0.25, 0.3) is 0 Å². The molecule has 1 unspecified atom stereocenters. The fraction of sp³-hybridized carbons (Fsp3) is 0.533. The Balaban J connectivity index is 2.02. The van der Waals surface area contributed by atoms with Gasteiger partial charge in [-0.3, -0.25) is 4.90 Å². The van der Waals surface area contributed by atoms with E-state index in [9.17, 15) is 5.26 Å². The third-order valence-corrected chi connectivity index (χ3v) is 3.49. The van der Waals surface area contributed by atoms with Crippen LogP contribution >= 0.6 is 0 Å². The summed E-state index contributed by atoms with van der Waals surface area (Å²) in [4.78, 5) is 2.34. The van der Waals surface area contributed by atoms with E-state index in [1.165, 1.54) is 30.4 Å². The summed E-state index contributed by atoms with van der Waals surface area (Å²) < 4.78 is 0. The van der Waals surface area contributed by atoms with Crippen LogP contribution in [-0.2, 0) is 6.42 Å². The number of rotatable bonds is 3. The normalized spacial score (nSPS) is 18.6. The Morgan fingerprint density at radius 2 is 2.06 bits per heavy atom. The number of nitrogens with zero attached hydrogens (tertiary/aromatic N) is 2. The fourth-order valence-electron chi connectivity index (χ4n) is 2.55. The second-order valence-electron chi connectivity index (χ2n) is 4.93. The summed E-state index contributed by atoms with van der Waals surface area (Å²) >= 11 is 0. The minimum absolute atomic E-state index is 0.0529. The van der Waals surface area contributed by atoms with E-state index in [0.29, 0.717) is 0 Å². The molecule has 1 aromatic carbocycles. The van der Waals surface area contributed by atoms with Crippen molar-refractivity contribution in [2.45, 2.75) is 38.6 Å². The first kappa shape index (κ1) is 12.1. The highest BCUT2D eigenvalue weighted by molar-refractivity contribution is 5.24. The summed E-state index contributed by atoms with van der Waals surface area (Å²) in [5.74, 6) is 0. The van der Waals surface area contributed by atoms with E-state index in [1.807, 2.05) is 0 Å². The van der Waals surface area contributed by atoms with Crippen LogP contribution in [0.25, 0.3) is 0 Å². The Morgan fingerprint density at radius 3 is 2.71 bits per heavy atom. The molecule has 2 rings (SSSR count). The highest BCUT2D eigenvalue weighted by Gasteiger charge is 2.20. The lowest BCUT2D eigenvalue weighted by Gasteiger charge is -2.30. The highest BCUT2D eigenvalue weighted by atomic mass is 15.2. The number of likely N-dealkylation sites (tertiary alicyclic amines) is 1. The molecular weight excluding hydrogens is 208 g/mol. The van der Waals surface area contributed by atoms with E-state index in [2.05, 4.69) is 42.2 Å². The maximum Gasteiger partial charge on any atom is 0.102 e. The minimum Gasteiger partial charge on any atom is -0.288 e. The van der Waals surface area contributed by atoms with Gasteiger partial charge in [0.15, 0.2) is 0 Å². The van der Waals surface area contributed by atoms with Crippen LogP contribution in [-0.4, -0.2) is 24.0 Å². The van der Waals surface area contributed by atoms with Gasteiger partial charge in [-0.1, -0.05) is 36.2 Å². The van der Waals surface area contributed by atoms with Gasteiger partial charge >= 0.3 is 0 Å². The van der Waals surface area contributed by atoms with Gasteiger partial charge in [0, 0.05) is 6.42 Å². The molecule has 0 radical (unpaired) electrons. The molecule has 0 N–H and O–H groups in total. The molecule has 0 aromatic heterocycles. The number of piperidine rings is 1. The quantitative estimate of drug-likeness (QED) is 0.795. The van der Waals surface area contributed by atoms with Crippen LogP contribution in [0.5, 0.6) is 0 Å². The van der Waals surface area contributed by atoms with Crippen molar-refractivity contribution in [2.75, 3.05) is 13.1 Å². The van der Waals surface area contributed by atoms with Crippen LogP contribution in [0.15, 0.2) is 24.3 Å². The zero-order valence-corrected chi connectivity index (χ0v) is 10.5. The third kappa shape index (κ3) is 3.31. The monoisotopic (exact) mass is 228 g/mol. The van der Waals surface area contributed by atoms with E-state index in [1.54, 1.807) is 0 Å². The Labute approximate surface area is 104 Å². The van der Waals surface area contributed by atoms with Crippen molar-refractivity contribution in [3.05, 3.63) is 35.4 Å². The maximum atomic E-state index is 9.32. The molecule has 0 amide bonds. The Hall–Kier alpha value is -1.33. The van der Waals surface area contributed by atoms with Gasteiger partial charge in [-0.25, -0.2) is 0 Å². The zero-order chi connectivity index (χ0) is 12.1. The van der Waals surface area contributed by atoms with Crippen molar-refractivity contribution >= 4 is 0 Å². The average Bonchev–Trinajstić information content (AvgIpc) is 2.37. The average molecular weight is 228 g/mol. The van der Waals surface area contributed by atoms with Crippen LogP contribution < -0.4 is 0 Å². The lowest BCUT2D eigenvalue weighted by atomic mass is 10.0.